The molecule has 1 fully saturated rings. The van der Waals surface area contributed by atoms with Crippen molar-refractivity contribution in [2.75, 3.05) is 36.5 Å². The second-order valence-corrected chi connectivity index (χ2v) is 7.06. The molecule has 0 unspecified atom stereocenters. The highest BCUT2D eigenvalue weighted by atomic mass is 16.5. The van der Waals surface area contributed by atoms with Gasteiger partial charge in [0, 0.05) is 30.4 Å². The van der Waals surface area contributed by atoms with Crippen LogP contribution in [0.1, 0.15) is 10.5 Å². The zero-order chi connectivity index (χ0) is 21.0. The molecule has 4 aromatic rings. The number of furan rings is 1. The summed E-state index contributed by atoms with van der Waals surface area (Å²) in [6, 6.07) is 16.6. The molecule has 1 aromatic carbocycles. The largest absolute Gasteiger partial charge is 0.463 e. The molecule has 2 N–H and O–H groups in total. The van der Waals surface area contributed by atoms with Gasteiger partial charge in [0.15, 0.2) is 17.3 Å². The summed E-state index contributed by atoms with van der Waals surface area (Å²) in [6.45, 7) is 3.02. The van der Waals surface area contributed by atoms with Crippen molar-refractivity contribution < 1.29 is 13.9 Å². The van der Waals surface area contributed by atoms with Crippen LogP contribution in [-0.4, -0.2) is 52.6 Å². The number of aromatic nitrogens is 4. The number of hydrogen-bond donors (Lipinski definition) is 2. The minimum absolute atomic E-state index is 0.270. The Morgan fingerprint density at radius 2 is 1.94 bits per heavy atom. The lowest BCUT2D eigenvalue weighted by atomic mass is 10.1. The van der Waals surface area contributed by atoms with Gasteiger partial charge in [0.1, 0.15) is 5.69 Å². The molecule has 1 aliphatic heterocycles. The van der Waals surface area contributed by atoms with Crippen LogP contribution in [0.15, 0.2) is 65.3 Å². The summed E-state index contributed by atoms with van der Waals surface area (Å²) in [5.41, 5.74) is 3.14. The van der Waals surface area contributed by atoms with Crippen molar-refractivity contribution in [3.63, 3.8) is 0 Å². The maximum Gasteiger partial charge on any atom is 0.276 e. The van der Waals surface area contributed by atoms with E-state index in [0.29, 0.717) is 30.4 Å². The third-order valence-electron chi connectivity index (χ3n) is 5.00. The van der Waals surface area contributed by atoms with Crippen LogP contribution in [0.25, 0.3) is 22.7 Å². The Hall–Kier alpha value is -3.98. The Balaban J connectivity index is 1.29. The molecule has 3 aromatic heterocycles. The Morgan fingerprint density at radius 3 is 2.71 bits per heavy atom. The minimum atomic E-state index is -0.319. The molecule has 0 atom stereocenters. The summed E-state index contributed by atoms with van der Waals surface area (Å²) >= 11 is 0. The molecule has 5 rings (SSSR count). The minimum Gasteiger partial charge on any atom is -0.463 e. The second kappa shape index (κ2) is 8.41. The predicted octanol–water partition coefficient (Wildman–Crippen LogP) is 3.22. The van der Waals surface area contributed by atoms with Gasteiger partial charge in [-0.15, -0.1) is 10.2 Å². The van der Waals surface area contributed by atoms with Crippen LogP contribution in [0.3, 0.4) is 0 Å². The first-order chi connectivity index (χ1) is 15.3. The number of ether oxygens (including phenoxy) is 1. The van der Waals surface area contributed by atoms with Gasteiger partial charge in [-0.2, -0.15) is 5.10 Å². The average molecular weight is 416 g/mol. The first-order valence-corrected chi connectivity index (χ1v) is 9.94. The quantitative estimate of drug-likeness (QED) is 0.514. The number of carbonyl (C=O) groups excluding carboxylic acids is 1. The SMILES string of the molecule is O=C(Nc1cccc(-c2ccc(N3CCOCC3)nn2)c1)c1cc(-c2ccco2)[nH]n1. The number of aromatic amines is 1. The highest BCUT2D eigenvalue weighted by molar-refractivity contribution is 6.03. The van der Waals surface area contributed by atoms with Crippen molar-refractivity contribution in [1.29, 1.82) is 0 Å². The lowest BCUT2D eigenvalue weighted by molar-refractivity contribution is 0.102. The van der Waals surface area contributed by atoms with Crippen LogP contribution in [-0.2, 0) is 4.74 Å². The van der Waals surface area contributed by atoms with Gasteiger partial charge in [-0.25, -0.2) is 0 Å². The van der Waals surface area contributed by atoms with Crippen molar-refractivity contribution >= 4 is 17.4 Å². The normalized spacial score (nSPS) is 13.9. The highest BCUT2D eigenvalue weighted by Crippen LogP contribution is 2.23. The summed E-state index contributed by atoms with van der Waals surface area (Å²) in [7, 11) is 0. The molecule has 156 valence electrons. The average Bonchev–Trinajstić information content (AvgIpc) is 3.52. The highest BCUT2D eigenvalue weighted by Gasteiger charge is 2.15. The van der Waals surface area contributed by atoms with Gasteiger partial charge in [0.2, 0.25) is 0 Å². The van der Waals surface area contributed by atoms with E-state index in [2.05, 4.69) is 30.6 Å². The molecular formula is C22H20N6O3. The van der Waals surface area contributed by atoms with Crippen LogP contribution in [0.5, 0.6) is 0 Å². The monoisotopic (exact) mass is 416 g/mol. The van der Waals surface area contributed by atoms with Gasteiger partial charge in [0.05, 0.1) is 25.2 Å². The number of rotatable bonds is 5. The standard InChI is InChI=1S/C22H20N6O3/c29-22(19-14-18(25-26-19)20-5-2-10-31-20)23-16-4-1-3-15(13-16)17-6-7-21(27-24-17)28-8-11-30-12-9-28/h1-7,10,13-14H,8-9,11-12H2,(H,23,29)(H,25,26). The van der Waals surface area contributed by atoms with Crippen molar-refractivity contribution in [3.05, 3.63) is 66.6 Å². The first kappa shape index (κ1) is 19.0. The molecule has 9 heteroatoms. The molecule has 0 bridgehead atoms. The summed E-state index contributed by atoms with van der Waals surface area (Å²) in [5, 5.41) is 18.5. The molecular weight excluding hydrogens is 396 g/mol. The number of H-pyrrole nitrogens is 1. The molecule has 1 saturated heterocycles. The summed E-state index contributed by atoms with van der Waals surface area (Å²) < 4.78 is 10.7. The molecule has 1 amide bonds. The molecule has 0 radical (unpaired) electrons. The van der Waals surface area contributed by atoms with E-state index >= 15 is 0 Å². The van der Waals surface area contributed by atoms with Gasteiger partial charge in [-0.1, -0.05) is 12.1 Å². The van der Waals surface area contributed by atoms with Crippen molar-refractivity contribution in [3.8, 4) is 22.7 Å². The lowest BCUT2D eigenvalue weighted by Gasteiger charge is -2.27. The van der Waals surface area contributed by atoms with Crippen LogP contribution < -0.4 is 10.2 Å². The van der Waals surface area contributed by atoms with Gasteiger partial charge in [-0.05, 0) is 36.4 Å². The Morgan fingerprint density at radius 1 is 1.03 bits per heavy atom. The van der Waals surface area contributed by atoms with Gasteiger partial charge in [0.25, 0.3) is 5.91 Å². The number of benzene rings is 1. The number of nitrogens with one attached hydrogen (secondary N) is 2. The molecule has 9 nitrogen and oxygen atoms in total. The smallest absolute Gasteiger partial charge is 0.276 e. The maximum atomic E-state index is 12.6. The number of hydrogen-bond acceptors (Lipinski definition) is 7. The second-order valence-electron chi connectivity index (χ2n) is 7.06. The first-order valence-electron chi connectivity index (χ1n) is 9.94. The van der Waals surface area contributed by atoms with E-state index in [1.165, 1.54) is 0 Å². The topological polar surface area (TPSA) is 109 Å². The van der Waals surface area contributed by atoms with Gasteiger partial charge in [-0.3, -0.25) is 9.89 Å². The van der Waals surface area contributed by atoms with E-state index in [1.807, 2.05) is 36.4 Å². The Labute approximate surface area is 178 Å². The van der Waals surface area contributed by atoms with Crippen LogP contribution in [0, 0.1) is 0 Å². The van der Waals surface area contributed by atoms with E-state index in [1.54, 1.807) is 24.5 Å². The number of nitrogens with zero attached hydrogens (tertiary/aromatic N) is 4. The van der Waals surface area contributed by atoms with Crippen molar-refractivity contribution in [1.82, 2.24) is 20.4 Å². The maximum absolute atomic E-state index is 12.6. The fourth-order valence-corrected chi connectivity index (χ4v) is 3.39. The number of anilines is 2. The van der Waals surface area contributed by atoms with E-state index in [4.69, 9.17) is 9.15 Å². The van der Waals surface area contributed by atoms with E-state index in [0.717, 1.165) is 30.2 Å². The van der Waals surface area contributed by atoms with Crippen LogP contribution >= 0.6 is 0 Å². The number of morpholine rings is 1. The number of carbonyl (C=O) groups is 1. The van der Waals surface area contributed by atoms with Crippen LogP contribution in [0.2, 0.25) is 0 Å². The zero-order valence-electron chi connectivity index (χ0n) is 16.6. The molecule has 31 heavy (non-hydrogen) atoms. The van der Waals surface area contributed by atoms with E-state index in [9.17, 15) is 4.79 Å². The van der Waals surface area contributed by atoms with Crippen molar-refractivity contribution in [2.24, 2.45) is 0 Å². The Kier molecular flexibility index (Phi) is 5.16. The molecule has 1 aliphatic rings. The molecule has 4 heterocycles. The fraction of sp³-hybridized carbons (Fsp3) is 0.182. The fourth-order valence-electron chi connectivity index (χ4n) is 3.39. The lowest BCUT2D eigenvalue weighted by Crippen LogP contribution is -2.36. The third kappa shape index (κ3) is 4.17. The summed E-state index contributed by atoms with van der Waals surface area (Å²) in [4.78, 5) is 14.7. The van der Waals surface area contributed by atoms with Crippen LogP contribution in [0.4, 0.5) is 11.5 Å². The van der Waals surface area contributed by atoms with Gasteiger partial charge < -0.3 is 19.4 Å². The van der Waals surface area contributed by atoms with E-state index < -0.39 is 0 Å². The zero-order valence-corrected chi connectivity index (χ0v) is 16.6. The molecule has 0 aliphatic carbocycles. The summed E-state index contributed by atoms with van der Waals surface area (Å²) in [6.07, 6.45) is 1.57. The van der Waals surface area contributed by atoms with E-state index in [-0.39, 0.29) is 11.6 Å². The Bertz CT molecular complexity index is 1160. The molecule has 0 saturated carbocycles. The molecule has 0 spiro atoms. The number of amides is 1. The van der Waals surface area contributed by atoms with Crippen molar-refractivity contribution in [2.45, 2.75) is 0 Å². The summed E-state index contributed by atoms with van der Waals surface area (Å²) in [5.74, 6) is 1.13. The third-order valence-corrected chi connectivity index (χ3v) is 5.00. The predicted molar refractivity (Wildman–Crippen MR) is 115 cm³/mol. The van der Waals surface area contributed by atoms with Gasteiger partial charge >= 0.3 is 0 Å².